The zero-order chi connectivity index (χ0) is 35.0. The van der Waals surface area contributed by atoms with Crippen LogP contribution in [-0.4, -0.2) is 65.5 Å². The first-order chi connectivity index (χ1) is 24.9. The number of benzene rings is 1. The van der Waals surface area contributed by atoms with Crippen LogP contribution in [0, 0.1) is 12.3 Å². The van der Waals surface area contributed by atoms with E-state index in [0.29, 0.717) is 58.4 Å². The molecule has 3 aliphatic heterocycles. The molecular weight excluding hydrogens is 663 g/mol. The molecule has 7 heterocycles. The number of pyridine rings is 3. The molecule has 1 spiro atoms. The van der Waals surface area contributed by atoms with Gasteiger partial charge in [0.1, 0.15) is 11.5 Å². The second-order valence-corrected chi connectivity index (χ2v) is 14.5. The van der Waals surface area contributed by atoms with Gasteiger partial charge in [-0.2, -0.15) is 0 Å². The van der Waals surface area contributed by atoms with Crippen LogP contribution in [0.15, 0.2) is 85.3 Å². The summed E-state index contributed by atoms with van der Waals surface area (Å²) >= 11 is 1.38. The monoisotopic (exact) mass is 699 g/mol. The molecular formula is C39H37N7O4S. The number of hydrogen-bond acceptors (Lipinski definition) is 9. The van der Waals surface area contributed by atoms with Gasteiger partial charge in [-0.3, -0.25) is 24.4 Å². The lowest BCUT2D eigenvalue weighted by molar-refractivity contribution is -0.000511. The van der Waals surface area contributed by atoms with Gasteiger partial charge in [-0.1, -0.05) is 6.07 Å². The number of hydrogen-bond donors (Lipinski definition) is 2. The molecule has 51 heavy (non-hydrogen) atoms. The van der Waals surface area contributed by atoms with Crippen molar-refractivity contribution < 1.29 is 19.1 Å². The van der Waals surface area contributed by atoms with Crippen molar-refractivity contribution in [2.45, 2.75) is 32.7 Å². The minimum atomic E-state index is -0.239. The molecule has 258 valence electrons. The Labute approximate surface area is 299 Å². The maximum absolute atomic E-state index is 14.0. The fraction of sp³-hybridized carbons (Fsp3) is 0.282. The van der Waals surface area contributed by atoms with Crippen LogP contribution < -0.4 is 20.4 Å². The van der Waals surface area contributed by atoms with Crippen molar-refractivity contribution >= 4 is 46.3 Å². The molecule has 0 aliphatic carbocycles. The SMILES string of the molecule is Cc1cnc(N2CC3(CCOCC3)C2)c(C(=O)Nc2ccc(C(=O)N3CCc4cc(C(=O)NCc5ccccn5)sc4-c4ncccc43)cc2)c1. The highest BCUT2D eigenvalue weighted by Gasteiger charge is 2.45. The fourth-order valence-electron chi connectivity index (χ4n) is 7.11. The molecule has 0 bridgehead atoms. The van der Waals surface area contributed by atoms with Gasteiger partial charge in [0.05, 0.1) is 33.2 Å². The Balaban J connectivity index is 0.958. The van der Waals surface area contributed by atoms with Crippen LogP contribution in [0.2, 0.25) is 0 Å². The number of rotatable bonds is 7. The van der Waals surface area contributed by atoms with Crippen LogP contribution in [0.1, 0.15) is 60.1 Å². The van der Waals surface area contributed by atoms with Gasteiger partial charge in [0.15, 0.2) is 0 Å². The molecule has 0 unspecified atom stereocenters. The third-order valence-electron chi connectivity index (χ3n) is 9.87. The first-order valence-electron chi connectivity index (χ1n) is 17.1. The third-order valence-corrected chi connectivity index (χ3v) is 11.1. The van der Waals surface area contributed by atoms with Crippen molar-refractivity contribution in [3.8, 4) is 10.6 Å². The van der Waals surface area contributed by atoms with E-state index in [1.807, 2.05) is 49.4 Å². The van der Waals surface area contributed by atoms with E-state index in [1.54, 1.807) is 47.8 Å². The van der Waals surface area contributed by atoms with E-state index in [1.165, 1.54) is 11.3 Å². The number of aromatic nitrogens is 3. The molecule has 8 rings (SSSR count). The second kappa shape index (κ2) is 13.7. The summed E-state index contributed by atoms with van der Waals surface area (Å²) in [6, 6.07) is 20.1. The van der Waals surface area contributed by atoms with Gasteiger partial charge in [-0.25, -0.2) is 4.98 Å². The van der Waals surface area contributed by atoms with Gasteiger partial charge in [-0.05, 0) is 98.0 Å². The molecule has 2 fully saturated rings. The van der Waals surface area contributed by atoms with Gasteiger partial charge in [0, 0.05) is 68.1 Å². The molecule has 2 N–H and O–H groups in total. The summed E-state index contributed by atoms with van der Waals surface area (Å²) in [5.41, 5.74) is 5.88. The van der Waals surface area contributed by atoms with E-state index >= 15 is 0 Å². The number of fused-ring (bicyclic) bond motifs is 3. The maximum atomic E-state index is 14.0. The van der Waals surface area contributed by atoms with E-state index in [4.69, 9.17) is 4.74 Å². The van der Waals surface area contributed by atoms with E-state index in [2.05, 4.69) is 30.5 Å². The Kier molecular flexibility index (Phi) is 8.78. The number of carbonyl (C=O) groups is 3. The summed E-state index contributed by atoms with van der Waals surface area (Å²) in [4.78, 5) is 59.6. The first kappa shape index (κ1) is 32.7. The molecule has 3 aliphatic rings. The van der Waals surface area contributed by atoms with E-state index < -0.39 is 0 Å². The van der Waals surface area contributed by atoms with Crippen molar-refractivity contribution in [3.63, 3.8) is 0 Å². The topological polar surface area (TPSA) is 130 Å². The molecule has 3 amide bonds. The predicted octanol–water partition coefficient (Wildman–Crippen LogP) is 5.91. The number of nitrogens with zero attached hydrogens (tertiary/aromatic N) is 5. The number of aryl methyl sites for hydroxylation is 1. The lowest BCUT2D eigenvalue weighted by Gasteiger charge is -2.53. The molecule has 5 aromatic rings. The average Bonchev–Trinajstić information content (AvgIpc) is 3.52. The average molecular weight is 700 g/mol. The molecule has 12 heteroatoms. The zero-order valence-corrected chi connectivity index (χ0v) is 29.0. The molecule has 4 aromatic heterocycles. The summed E-state index contributed by atoms with van der Waals surface area (Å²) in [7, 11) is 0. The Morgan fingerprint density at radius 1 is 0.922 bits per heavy atom. The summed E-state index contributed by atoms with van der Waals surface area (Å²) in [6.07, 6.45) is 7.83. The molecule has 0 radical (unpaired) electrons. The van der Waals surface area contributed by atoms with Crippen LogP contribution in [0.3, 0.4) is 0 Å². The summed E-state index contributed by atoms with van der Waals surface area (Å²) in [5, 5.41) is 5.97. The Morgan fingerprint density at radius 2 is 1.73 bits per heavy atom. The predicted molar refractivity (Wildman–Crippen MR) is 196 cm³/mol. The Bertz CT molecular complexity index is 2100. The van der Waals surface area contributed by atoms with Gasteiger partial charge in [0.2, 0.25) is 0 Å². The highest BCUT2D eigenvalue weighted by Crippen LogP contribution is 2.43. The van der Waals surface area contributed by atoms with Crippen molar-refractivity contribution in [2.75, 3.05) is 48.0 Å². The molecule has 11 nitrogen and oxygen atoms in total. The second-order valence-electron chi connectivity index (χ2n) is 13.4. The first-order valence-corrected chi connectivity index (χ1v) is 18.0. The van der Waals surface area contributed by atoms with Gasteiger partial charge in [-0.15, -0.1) is 11.3 Å². The smallest absolute Gasteiger partial charge is 0.261 e. The van der Waals surface area contributed by atoms with Crippen LogP contribution >= 0.6 is 11.3 Å². The summed E-state index contributed by atoms with van der Waals surface area (Å²) in [6.45, 7) is 6.00. The molecule has 0 atom stereocenters. The number of carbonyl (C=O) groups excluding carboxylic acids is 3. The quantitative estimate of drug-likeness (QED) is 0.215. The van der Waals surface area contributed by atoms with Crippen molar-refractivity contribution in [3.05, 3.63) is 118 Å². The number of ether oxygens (including phenoxy) is 1. The normalized spacial score (nSPS) is 16.0. The van der Waals surface area contributed by atoms with Crippen molar-refractivity contribution in [1.29, 1.82) is 0 Å². The number of thiophene rings is 1. The molecule has 0 saturated carbocycles. The van der Waals surface area contributed by atoms with Gasteiger partial charge < -0.3 is 25.2 Å². The highest BCUT2D eigenvalue weighted by atomic mass is 32.1. The van der Waals surface area contributed by atoms with Crippen molar-refractivity contribution in [2.24, 2.45) is 5.41 Å². The van der Waals surface area contributed by atoms with E-state index in [-0.39, 0.29) is 23.1 Å². The minimum absolute atomic E-state index is 0.171. The third kappa shape index (κ3) is 6.60. The number of nitrogens with one attached hydrogen (secondary N) is 2. The highest BCUT2D eigenvalue weighted by molar-refractivity contribution is 7.17. The van der Waals surface area contributed by atoms with Crippen LogP contribution in [-0.2, 0) is 17.7 Å². The van der Waals surface area contributed by atoms with Crippen molar-refractivity contribution in [1.82, 2.24) is 20.3 Å². The Morgan fingerprint density at radius 3 is 2.51 bits per heavy atom. The van der Waals surface area contributed by atoms with Crippen LogP contribution in [0.4, 0.5) is 17.2 Å². The zero-order valence-electron chi connectivity index (χ0n) is 28.2. The molecule has 2 saturated heterocycles. The lowest BCUT2D eigenvalue weighted by atomic mass is 9.73. The maximum Gasteiger partial charge on any atom is 0.261 e. The largest absolute Gasteiger partial charge is 0.381 e. The Hall–Kier alpha value is -5.46. The number of anilines is 3. The lowest BCUT2D eigenvalue weighted by Crippen LogP contribution is -2.59. The summed E-state index contributed by atoms with van der Waals surface area (Å²) in [5.74, 6) is 0.114. The summed E-state index contributed by atoms with van der Waals surface area (Å²) < 4.78 is 5.57. The van der Waals surface area contributed by atoms with Crippen LogP contribution in [0.5, 0.6) is 0 Å². The van der Waals surface area contributed by atoms with Gasteiger partial charge in [0.25, 0.3) is 17.7 Å². The van der Waals surface area contributed by atoms with E-state index in [9.17, 15) is 14.4 Å². The standard InChI is InChI=1S/C39H37N7O4S/c1-25-19-30(35(42-21-25)45-23-39(24-45)12-17-50-18-13-39)36(47)44-28-9-7-26(8-10-28)38(49)46-16-11-27-20-32(37(48)43-22-29-5-2-3-14-40-29)51-34(27)33-31(46)6-4-15-41-33/h2-10,14-15,19-21H,11-13,16-18,22-24H2,1H3,(H,43,48)(H,44,47). The fourth-order valence-corrected chi connectivity index (χ4v) is 8.24. The molecule has 1 aromatic carbocycles. The van der Waals surface area contributed by atoms with Crippen LogP contribution in [0.25, 0.3) is 10.6 Å². The number of amides is 3. The minimum Gasteiger partial charge on any atom is -0.381 e. The van der Waals surface area contributed by atoms with E-state index in [0.717, 1.165) is 60.8 Å². The van der Waals surface area contributed by atoms with Gasteiger partial charge >= 0.3 is 0 Å².